The molecule has 6 heteroatoms. The van der Waals surface area contributed by atoms with Crippen molar-refractivity contribution in [2.75, 3.05) is 5.32 Å². The monoisotopic (exact) mass is 305 g/mol. The van der Waals surface area contributed by atoms with Crippen molar-refractivity contribution in [1.29, 1.82) is 0 Å². The summed E-state index contributed by atoms with van der Waals surface area (Å²) in [5, 5.41) is 11.4. The lowest BCUT2D eigenvalue weighted by Crippen LogP contribution is -2.10. The number of carboxylic acid groups (broad SMARTS) is 1. The van der Waals surface area contributed by atoms with Gasteiger partial charge >= 0.3 is 5.97 Å². The molecule has 0 spiro atoms. The fourth-order valence-corrected chi connectivity index (χ4v) is 1.88. The molecule has 0 bridgehead atoms. The van der Waals surface area contributed by atoms with Crippen LogP contribution < -0.4 is 5.32 Å². The number of carbonyl (C=O) groups excluding carboxylic acids is 1. The van der Waals surface area contributed by atoms with Crippen molar-refractivity contribution in [1.82, 2.24) is 0 Å². The first-order valence-corrected chi connectivity index (χ1v) is 6.42. The average molecular weight is 306 g/mol. The number of aryl methyl sites for hydroxylation is 1. The van der Waals surface area contributed by atoms with Crippen molar-refractivity contribution < 1.29 is 19.1 Å². The van der Waals surface area contributed by atoms with E-state index >= 15 is 0 Å². The van der Waals surface area contributed by atoms with Crippen molar-refractivity contribution in [3.05, 3.63) is 58.5 Å². The van der Waals surface area contributed by atoms with Crippen molar-refractivity contribution >= 4 is 35.2 Å². The number of hydrogen-bond donors (Lipinski definition) is 2. The fourth-order valence-electron chi connectivity index (χ4n) is 1.73. The van der Waals surface area contributed by atoms with Crippen molar-refractivity contribution in [2.45, 2.75) is 6.92 Å². The molecular formula is C15H12ClNO4. The molecule has 2 N–H and O–H groups in total. The number of furan rings is 1. The van der Waals surface area contributed by atoms with Gasteiger partial charge in [0.1, 0.15) is 0 Å². The highest BCUT2D eigenvalue weighted by atomic mass is 35.5. The molecule has 1 amide bonds. The standard InChI is InChI=1S/C15H12ClNO4/c1-9-8-11(4-2-10(9)3-7-14(18)19)17-15(20)12-5-6-13(16)21-12/h2-8H,1H3,(H,17,20)(H,18,19). The van der Waals surface area contributed by atoms with Gasteiger partial charge in [-0.2, -0.15) is 0 Å². The van der Waals surface area contributed by atoms with Gasteiger partial charge in [-0.15, -0.1) is 0 Å². The van der Waals surface area contributed by atoms with Crippen LogP contribution in [0.4, 0.5) is 5.69 Å². The van der Waals surface area contributed by atoms with Crippen LogP contribution in [0.15, 0.2) is 40.8 Å². The molecule has 2 aromatic rings. The first-order chi connectivity index (χ1) is 9.95. The normalized spacial score (nSPS) is 10.8. The van der Waals surface area contributed by atoms with E-state index < -0.39 is 11.9 Å². The zero-order valence-corrected chi connectivity index (χ0v) is 11.8. The fraction of sp³-hybridized carbons (Fsp3) is 0.0667. The molecule has 1 aromatic heterocycles. The van der Waals surface area contributed by atoms with Crippen molar-refractivity contribution in [3.8, 4) is 0 Å². The first-order valence-electron chi connectivity index (χ1n) is 6.04. The Balaban J connectivity index is 2.13. The molecule has 5 nitrogen and oxygen atoms in total. The maximum atomic E-state index is 11.9. The highest BCUT2D eigenvalue weighted by Gasteiger charge is 2.11. The summed E-state index contributed by atoms with van der Waals surface area (Å²) in [7, 11) is 0. The number of benzene rings is 1. The molecule has 21 heavy (non-hydrogen) atoms. The molecule has 0 aliphatic carbocycles. The van der Waals surface area contributed by atoms with Crippen LogP contribution in [0.1, 0.15) is 21.7 Å². The number of nitrogens with one attached hydrogen (secondary N) is 1. The smallest absolute Gasteiger partial charge is 0.328 e. The Hall–Kier alpha value is -2.53. The van der Waals surface area contributed by atoms with Crippen LogP contribution in [0.5, 0.6) is 0 Å². The maximum absolute atomic E-state index is 11.9. The molecule has 0 unspecified atom stereocenters. The van der Waals surface area contributed by atoms with Gasteiger partial charge in [0.2, 0.25) is 0 Å². The van der Waals surface area contributed by atoms with E-state index in [4.69, 9.17) is 21.1 Å². The lowest BCUT2D eigenvalue weighted by Gasteiger charge is -2.06. The predicted octanol–water partition coefficient (Wildman–Crippen LogP) is 3.59. The molecule has 1 heterocycles. The summed E-state index contributed by atoms with van der Waals surface area (Å²) in [6.07, 6.45) is 2.56. The second-order valence-corrected chi connectivity index (χ2v) is 4.67. The summed E-state index contributed by atoms with van der Waals surface area (Å²) in [5.74, 6) is -1.30. The van der Waals surface area contributed by atoms with Crippen LogP contribution in [-0.4, -0.2) is 17.0 Å². The van der Waals surface area contributed by atoms with Gasteiger partial charge in [-0.05, 0) is 60.0 Å². The molecule has 0 atom stereocenters. The SMILES string of the molecule is Cc1cc(NC(=O)c2ccc(Cl)o2)ccc1C=CC(=O)O. The minimum Gasteiger partial charge on any atom is -0.478 e. The molecule has 2 rings (SSSR count). The number of aliphatic carboxylic acids is 1. The van der Waals surface area contributed by atoms with Crippen molar-refractivity contribution in [3.63, 3.8) is 0 Å². The lowest BCUT2D eigenvalue weighted by molar-refractivity contribution is -0.131. The summed E-state index contributed by atoms with van der Waals surface area (Å²) in [5.41, 5.74) is 2.18. The highest BCUT2D eigenvalue weighted by molar-refractivity contribution is 6.29. The van der Waals surface area contributed by atoms with Gasteiger partial charge in [-0.3, -0.25) is 4.79 Å². The molecule has 0 saturated carbocycles. The van der Waals surface area contributed by atoms with Gasteiger partial charge in [0.25, 0.3) is 5.91 Å². The van der Waals surface area contributed by atoms with E-state index in [2.05, 4.69) is 5.32 Å². The number of anilines is 1. The molecule has 0 radical (unpaired) electrons. The minimum absolute atomic E-state index is 0.118. The van der Waals surface area contributed by atoms with Crippen LogP contribution in [0.3, 0.4) is 0 Å². The third-order valence-electron chi connectivity index (χ3n) is 2.73. The van der Waals surface area contributed by atoms with Crippen LogP contribution in [0.25, 0.3) is 6.08 Å². The number of amides is 1. The summed E-state index contributed by atoms with van der Waals surface area (Å²) in [6, 6.07) is 8.11. The van der Waals surface area contributed by atoms with Crippen LogP contribution >= 0.6 is 11.6 Å². The van der Waals surface area contributed by atoms with Gasteiger partial charge < -0.3 is 14.8 Å². The number of carboxylic acids is 1. The third kappa shape index (κ3) is 3.97. The topological polar surface area (TPSA) is 79.5 Å². The molecule has 0 aliphatic heterocycles. The van der Waals surface area contributed by atoms with E-state index in [0.717, 1.165) is 17.2 Å². The summed E-state index contributed by atoms with van der Waals surface area (Å²) < 4.78 is 5.01. The number of halogens is 1. The maximum Gasteiger partial charge on any atom is 0.328 e. The number of carbonyl (C=O) groups is 2. The third-order valence-corrected chi connectivity index (χ3v) is 2.93. The zero-order valence-electron chi connectivity index (χ0n) is 11.1. The van der Waals surface area contributed by atoms with E-state index in [1.165, 1.54) is 18.2 Å². The quantitative estimate of drug-likeness (QED) is 0.846. The van der Waals surface area contributed by atoms with E-state index in [1.807, 2.05) is 6.92 Å². The Kier molecular flexibility index (Phi) is 4.45. The molecule has 0 aliphatic rings. The average Bonchev–Trinajstić information content (AvgIpc) is 2.84. The van der Waals surface area contributed by atoms with Gasteiger partial charge in [-0.1, -0.05) is 6.07 Å². The van der Waals surface area contributed by atoms with E-state index in [-0.39, 0.29) is 11.0 Å². The predicted molar refractivity (Wildman–Crippen MR) is 79.5 cm³/mol. The van der Waals surface area contributed by atoms with Crippen LogP contribution in [0.2, 0.25) is 5.22 Å². The van der Waals surface area contributed by atoms with Crippen LogP contribution in [-0.2, 0) is 4.79 Å². The molecule has 1 aromatic carbocycles. The highest BCUT2D eigenvalue weighted by Crippen LogP contribution is 2.19. The zero-order chi connectivity index (χ0) is 15.4. The van der Waals surface area contributed by atoms with Gasteiger partial charge in [0, 0.05) is 11.8 Å². The molecular weight excluding hydrogens is 294 g/mol. The Bertz CT molecular complexity index is 718. The lowest BCUT2D eigenvalue weighted by atomic mass is 10.1. The summed E-state index contributed by atoms with van der Waals surface area (Å²) >= 11 is 5.61. The van der Waals surface area contributed by atoms with Gasteiger partial charge in [-0.25, -0.2) is 4.79 Å². The van der Waals surface area contributed by atoms with E-state index in [0.29, 0.717) is 5.69 Å². The number of hydrogen-bond acceptors (Lipinski definition) is 3. The first kappa shape index (κ1) is 14.9. The molecule has 108 valence electrons. The molecule has 0 fully saturated rings. The summed E-state index contributed by atoms with van der Waals surface area (Å²) in [6.45, 7) is 1.82. The second-order valence-electron chi connectivity index (χ2n) is 4.30. The van der Waals surface area contributed by atoms with Gasteiger partial charge in [0.15, 0.2) is 11.0 Å². The Labute approximate surface area is 125 Å². The Morgan fingerprint density at radius 3 is 2.62 bits per heavy atom. The largest absolute Gasteiger partial charge is 0.478 e. The minimum atomic E-state index is -1.01. The Morgan fingerprint density at radius 2 is 2.05 bits per heavy atom. The van der Waals surface area contributed by atoms with Gasteiger partial charge in [0.05, 0.1) is 0 Å². The summed E-state index contributed by atoms with van der Waals surface area (Å²) in [4.78, 5) is 22.4. The molecule has 0 saturated heterocycles. The second kappa shape index (κ2) is 6.28. The van der Waals surface area contributed by atoms with Crippen LogP contribution in [0, 0.1) is 6.92 Å². The van der Waals surface area contributed by atoms with E-state index in [9.17, 15) is 9.59 Å². The van der Waals surface area contributed by atoms with E-state index in [1.54, 1.807) is 18.2 Å². The Morgan fingerprint density at radius 1 is 1.29 bits per heavy atom. The van der Waals surface area contributed by atoms with Crippen molar-refractivity contribution in [2.24, 2.45) is 0 Å². The number of rotatable bonds is 4.